The van der Waals surface area contributed by atoms with Gasteiger partial charge in [0.1, 0.15) is 0 Å². The highest BCUT2D eigenvalue weighted by Crippen LogP contribution is 2.36. The van der Waals surface area contributed by atoms with Crippen LogP contribution in [-0.2, 0) is 16.1 Å². The maximum atomic E-state index is 12.1. The van der Waals surface area contributed by atoms with Crippen molar-refractivity contribution in [2.75, 3.05) is 13.1 Å². The van der Waals surface area contributed by atoms with Gasteiger partial charge >= 0.3 is 5.97 Å². The van der Waals surface area contributed by atoms with E-state index in [4.69, 9.17) is 0 Å². The second kappa shape index (κ2) is 6.69. The topological polar surface area (TPSA) is 88.3 Å². The molecular weight excluding hydrogens is 272 g/mol. The first-order chi connectivity index (χ1) is 10.1. The molecule has 7 heteroatoms. The Morgan fingerprint density at radius 3 is 2.57 bits per heavy atom. The molecule has 1 fully saturated rings. The fraction of sp³-hybridized carbons (Fsp3) is 0.714. The number of carboxylic acid groups (broad SMARTS) is 1. The molecule has 1 N–H and O–H groups in total. The molecule has 0 saturated carbocycles. The molecule has 116 valence electrons. The van der Waals surface area contributed by atoms with Gasteiger partial charge in [0.15, 0.2) is 0 Å². The molecule has 1 aromatic heterocycles. The zero-order valence-corrected chi connectivity index (χ0v) is 12.4. The molecule has 0 aliphatic carbocycles. The summed E-state index contributed by atoms with van der Waals surface area (Å²) in [7, 11) is 0. The number of aromatic nitrogens is 3. The van der Waals surface area contributed by atoms with Crippen molar-refractivity contribution in [3.63, 3.8) is 0 Å². The maximum absolute atomic E-state index is 12.1. The lowest BCUT2D eigenvalue weighted by Crippen LogP contribution is -2.46. The zero-order valence-electron chi connectivity index (χ0n) is 12.4. The Balaban J connectivity index is 1.85. The predicted molar refractivity (Wildman–Crippen MR) is 75.4 cm³/mol. The standard InChI is InChI=1S/C14H22N4O3/c1-2-4-14(13(20)21)5-9-17(10-6-14)12(19)3-8-18-11-7-15-16-18/h7,11H,2-6,8-10H2,1H3,(H,20,21). The van der Waals surface area contributed by atoms with Crippen molar-refractivity contribution in [2.24, 2.45) is 5.41 Å². The Hall–Kier alpha value is -1.92. The van der Waals surface area contributed by atoms with Crippen molar-refractivity contribution in [3.8, 4) is 0 Å². The number of carboxylic acids is 1. The molecule has 0 atom stereocenters. The first-order valence-corrected chi connectivity index (χ1v) is 7.43. The van der Waals surface area contributed by atoms with Crippen molar-refractivity contribution < 1.29 is 14.7 Å². The molecular formula is C14H22N4O3. The van der Waals surface area contributed by atoms with E-state index in [1.54, 1.807) is 22.0 Å². The molecule has 1 amide bonds. The Morgan fingerprint density at radius 2 is 2.05 bits per heavy atom. The molecule has 21 heavy (non-hydrogen) atoms. The van der Waals surface area contributed by atoms with E-state index in [0.29, 0.717) is 45.3 Å². The number of piperidine rings is 1. The second-order valence-corrected chi connectivity index (χ2v) is 5.63. The summed E-state index contributed by atoms with van der Waals surface area (Å²) in [6, 6.07) is 0. The van der Waals surface area contributed by atoms with Gasteiger partial charge in [-0.05, 0) is 19.3 Å². The first-order valence-electron chi connectivity index (χ1n) is 7.43. The Morgan fingerprint density at radius 1 is 1.33 bits per heavy atom. The van der Waals surface area contributed by atoms with E-state index >= 15 is 0 Å². The smallest absolute Gasteiger partial charge is 0.309 e. The number of nitrogens with zero attached hydrogens (tertiary/aromatic N) is 4. The minimum atomic E-state index is -0.723. The lowest BCUT2D eigenvalue weighted by Gasteiger charge is -2.38. The quantitative estimate of drug-likeness (QED) is 0.850. The summed E-state index contributed by atoms with van der Waals surface area (Å²) in [5, 5.41) is 17.0. The Bertz CT molecular complexity index is 478. The van der Waals surface area contributed by atoms with Gasteiger partial charge in [0.05, 0.1) is 18.2 Å². The van der Waals surface area contributed by atoms with Crippen molar-refractivity contribution in [1.82, 2.24) is 19.9 Å². The molecule has 0 unspecified atom stereocenters. The van der Waals surface area contributed by atoms with Crippen LogP contribution in [-0.4, -0.2) is 50.0 Å². The number of hydrogen-bond acceptors (Lipinski definition) is 4. The van der Waals surface area contributed by atoms with Crippen molar-refractivity contribution in [2.45, 2.75) is 45.6 Å². The van der Waals surface area contributed by atoms with Gasteiger partial charge in [0.25, 0.3) is 0 Å². The molecule has 1 aromatic rings. The molecule has 2 rings (SSSR count). The van der Waals surface area contributed by atoms with Crippen molar-refractivity contribution in [1.29, 1.82) is 0 Å². The van der Waals surface area contributed by atoms with Crippen LogP contribution < -0.4 is 0 Å². The average molecular weight is 294 g/mol. The van der Waals surface area contributed by atoms with Crippen LogP contribution in [0.5, 0.6) is 0 Å². The fourth-order valence-electron chi connectivity index (χ4n) is 2.95. The van der Waals surface area contributed by atoms with Crippen LogP contribution >= 0.6 is 0 Å². The van der Waals surface area contributed by atoms with E-state index in [1.807, 2.05) is 6.92 Å². The van der Waals surface area contributed by atoms with Crippen LogP contribution in [0.3, 0.4) is 0 Å². The number of aryl methyl sites for hydroxylation is 1. The number of amides is 1. The van der Waals surface area contributed by atoms with Crippen LogP contribution in [0, 0.1) is 5.41 Å². The molecule has 0 radical (unpaired) electrons. The fourth-order valence-corrected chi connectivity index (χ4v) is 2.95. The number of carbonyl (C=O) groups is 2. The molecule has 0 bridgehead atoms. The summed E-state index contributed by atoms with van der Waals surface area (Å²) < 4.78 is 1.63. The third-order valence-electron chi connectivity index (χ3n) is 4.28. The number of carbonyl (C=O) groups excluding carboxylic acids is 1. The highest BCUT2D eigenvalue weighted by Gasteiger charge is 2.41. The number of hydrogen-bond donors (Lipinski definition) is 1. The molecule has 1 aliphatic rings. The van der Waals surface area contributed by atoms with Crippen LogP contribution in [0.25, 0.3) is 0 Å². The van der Waals surface area contributed by atoms with E-state index in [-0.39, 0.29) is 5.91 Å². The van der Waals surface area contributed by atoms with Gasteiger partial charge < -0.3 is 10.0 Å². The van der Waals surface area contributed by atoms with E-state index in [0.717, 1.165) is 6.42 Å². The third-order valence-corrected chi connectivity index (χ3v) is 4.28. The van der Waals surface area contributed by atoms with Gasteiger partial charge in [0, 0.05) is 25.7 Å². The first kappa shape index (κ1) is 15.5. The summed E-state index contributed by atoms with van der Waals surface area (Å²) in [5.41, 5.74) is -0.641. The summed E-state index contributed by atoms with van der Waals surface area (Å²) in [6.07, 6.45) is 6.31. The van der Waals surface area contributed by atoms with Gasteiger partial charge in [0.2, 0.25) is 5.91 Å². The molecule has 0 aromatic carbocycles. The molecule has 1 saturated heterocycles. The zero-order chi connectivity index (χ0) is 15.3. The number of rotatable bonds is 6. The maximum Gasteiger partial charge on any atom is 0.309 e. The van der Waals surface area contributed by atoms with Gasteiger partial charge in [-0.2, -0.15) is 0 Å². The number of likely N-dealkylation sites (tertiary alicyclic amines) is 1. The van der Waals surface area contributed by atoms with Crippen LogP contribution in [0.2, 0.25) is 0 Å². The molecule has 1 aliphatic heterocycles. The molecule has 7 nitrogen and oxygen atoms in total. The van der Waals surface area contributed by atoms with Crippen molar-refractivity contribution >= 4 is 11.9 Å². The summed E-state index contributed by atoms with van der Waals surface area (Å²) in [4.78, 5) is 25.4. The largest absolute Gasteiger partial charge is 0.481 e. The lowest BCUT2D eigenvalue weighted by molar-refractivity contribution is -0.155. The summed E-state index contributed by atoms with van der Waals surface area (Å²) in [5.74, 6) is -0.667. The van der Waals surface area contributed by atoms with Gasteiger partial charge in [-0.25, -0.2) is 0 Å². The van der Waals surface area contributed by atoms with Crippen molar-refractivity contribution in [3.05, 3.63) is 12.4 Å². The second-order valence-electron chi connectivity index (χ2n) is 5.63. The van der Waals surface area contributed by atoms with Crippen LogP contribution in [0.4, 0.5) is 0 Å². The van der Waals surface area contributed by atoms with E-state index < -0.39 is 11.4 Å². The SMILES string of the molecule is CCCC1(C(=O)O)CCN(C(=O)CCn2ccnn2)CC1. The average Bonchev–Trinajstić information content (AvgIpc) is 2.99. The van der Waals surface area contributed by atoms with Gasteiger partial charge in [-0.1, -0.05) is 18.6 Å². The van der Waals surface area contributed by atoms with Gasteiger partial charge in [-0.3, -0.25) is 14.3 Å². The van der Waals surface area contributed by atoms with E-state index in [2.05, 4.69) is 10.3 Å². The highest BCUT2D eigenvalue weighted by atomic mass is 16.4. The minimum Gasteiger partial charge on any atom is -0.481 e. The summed E-state index contributed by atoms with van der Waals surface area (Å²) in [6.45, 7) is 3.57. The Kier molecular flexibility index (Phi) is 4.93. The lowest BCUT2D eigenvalue weighted by atomic mass is 9.75. The number of aliphatic carboxylic acids is 1. The highest BCUT2D eigenvalue weighted by molar-refractivity contribution is 5.78. The predicted octanol–water partition coefficient (Wildman–Crippen LogP) is 1.16. The summed E-state index contributed by atoms with van der Waals surface area (Å²) >= 11 is 0. The monoisotopic (exact) mass is 294 g/mol. The molecule has 2 heterocycles. The Labute approximate surface area is 123 Å². The third kappa shape index (κ3) is 3.59. The molecule has 0 spiro atoms. The normalized spacial score (nSPS) is 17.7. The van der Waals surface area contributed by atoms with Crippen LogP contribution in [0.1, 0.15) is 39.0 Å². The van der Waals surface area contributed by atoms with E-state index in [1.165, 1.54) is 0 Å². The van der Waals surface area contributed by atoms with E-state index in [9.17, 15) is 14.7 Å². The minimum absolute atomic E-state index is 0.0565. The van der Waals surface area contributed by atoms with Crippen LogP contribution in [0.15, 0.2) is 12.4 Å². The van der Waals surface area contributed by atoms with Gasteiger partial charge in [-0.15, -0.1) is 5.10 Å².